The number of aromatic nitrogens is 1. The summed E-state index contributed by atoms with van der Waals surface area (Å²) < 4.78 is 44.3. The molecule has 7 heteroatoms. The van der Waals surface area contributed by atoms with Crippen LogP contribution in [0.2, 0.25) is 0 Å². The van der Waals surface area contributed by atoms with Gasteiger partial charge in [-0.3, -0.25) is 0 Å². The Morgan fingerprint density at radius 2 is 1.50 bits per heavy atom. The highest BCUT2D eigenvalue weighted by Crippen LogP contribution is 2.47. The molecule has 4 rings (SSSR count). The molecular weight excluding hydrogens is 459 g/mol. The summed E-state index contributed by atoms with van der Waals surface area (Å²) in [6, 6.07) is 15.4. The molecule has 1 aromatic heterocycles. The minimum Gasteiger partial charge on any atom is -0.504 e. The van der Waals surface area contributed by atoms with Crippen LogP contribution in [-0.4, -0.2) is 26.7 Å². The second kappa shape index (κ2) is 9.27. The summed E-state index contributed by atoms with van der Waals surface area (Å²) in [5, 5.41) is 2.48. The van der Waals surface area contributed by atoms with Crippen molar-refractivity contribution in [2.24, 2.45) is 0 Å². The van der Waals surface area contributed by atoms with E-state index in [9.17, 15) is 8.63 Å². The fourth-order valence-corrected chi connectivity index (χ4v) is 4.51. The van der Waals surface area contributed by atoms with Crippen molar-refractivity contribution in [2.45, 2.75) is 52.4 Å². The Labute approximate surface area is 211 Å². The van der Waals surface area contributed by atoms with Crippen LogP contribution in [-0.2, 0) is 10.8 Å². The second-order valence-electron chi connectivity index (χ2n) is 11.0. The number of halogens is 2. The zero-order valence-electron chi connectivity index (χ0n) is 22.1. The predicted octanol–water partition coefficient (Wildman–Crippen LogP) is 7.97. The summed E-state index contributed by atoms with van der Waals surface area (Å²) in [4.78, 5) is 5.01. The van der Waals surface area contributed by atoms with Crippen LogP contribution in [0.25, 0.3) is 32.9 Å². The Morgan fingerprint density at radius 3 is 2.08 bits per heavy atom. The van der Waals surface area contributed by atoms with Gasteiger partial charge in [0.1, 0.15) is 17.2 Å². The van der Waals surface area contributed by atoms with Crippen molar-refractivity contribution in [3.8, 4) is 28.5 Å². The van der Waals surface area contributed by atoms with E-state index >= 15 is 0 Å². The van der Waals surface area contributed by atoms with Gasteiger partial charge in [-0.1, -0.05) is 65.8 Å². The van der Waals surface area contributed by atoms with Crippen molar-refractivity contribution in [2.75, 3.05) is 14.2 Å². The average molecular weight is 491 g/mol. The minimum absolute atomic E-state index is 0.132. The third-order valence-corrected chi connectivity index (χ3v) is 6.42. The lowest BCUT2D eigenvalue weighted by Crippen LogP contribution is -2.21. The van der Waals surface area contributed by atoms with Crippen LogP contribution in [0.4, 0.5) is 8.63 Å². The first-order chi connectivity index (χ1) is 16.8. The van der Waals surface area contributed by atoms with Crippen LogP contribution < -0.4 is 14.1 Å². The van der Waals surface area contributed by atoms with Gasteiger partial charge in [0.25, 0.3) is 0 Å². The van der Waals surface area contributed by atoms with Crippen LogP contribution in [0.15, 0.2) is 48.5 Å². The summed E-state index contributed by atoms with van der Waals surface area (Å²) in [5.74, 6) is 1.30. The van der Waals surface area contributed by atoms with Crippen LogP contribution in [0.5, 0.6) is 17.2 Å². The fourth-order valence-electron chi connectivity index (χ4n) is 4.51. The highest BCUT2D eigenvalue weighted by molar-refractivity contribution is 6.35. The van der Waals surface area contributed by atoms with Crippen LogP contribution >= 0.6 is 0 Å². The van der Waals surface area contributed by atoms with Gasteiger partial charge in [0.05, 0.1) is 30.8 Å². The molecule has 0 fully saturated rings. The summed E-state index contributed by atoms with van der Waals surface area (Å²) in [5.41, 5.74) is 2.76. The molecule has 0 bridgehead atoms. The number of benzene rings is 3. The molecule has 188 valence electrons. The first-order valence-electron chi connectivity index (χ1n) is 11.9. The maximum Gasteiger partial charge on any atom is 0.796 e. The Balaban J connectivity index is 2.26. The largest absolute Gasteiger partial charge is 0.796 e. The third-order valence-electron chi connectivity index (χ3n) is 6.42. The van der Waals surface area contributed by atoms with E-state index in [1.807, 2.05) is 63.2 Å². The highest BCUT2D eigenvalue weighted by Gasteiger charge is 2.32. The number of rotatable bonds is 5. The number of hydrogen-bond donors (Lipinski definition) is 0. The van der Waals surface area contributed by atoms with E-state index in [4.69, 9.17) is 19.1 Å². The number of methoxy groups -OCH3 is 2. The highest BCUT2D eigenvalue weighted by atomic mass is 19.2. The molecule has 4 nitrogen and oxygen atoms in total. The molecule has 36 heavy (non-hydrogen) atoms. The average Bonchev–Trinajstić information content (AvgIpc) is 2.81. The zero-order valence-corrected chi connectivity index (χ0v) is 22.1. The molecule has 0 saturated carbocycles. The molecule has 0 radical (unpaired) electrons. The van der Waals surface area contributed by atoms with Crippen LogP contribution in [0.3, 0.4) is 0 Å². The standard InChI is InChI=1S/C29H32BF2NO3/c1-28(2,3)17-13-21(27(36-30(31)32)22(14-17)29(4,5)6)26-25-20(15-18(34-7)16-24(25)35-8)19-11-9-10-12-23(19)33-26/h9-16H,1-8H3. The number of para-hydroxylation sites is 1. The molecule has 4 aromatic rings. The van der Waals surface area contributed by atoms with Crippen molar-refractivity contribution >= 4 is 29.1 Å². The molecule has 0 atom stereocenters. The number of pyridine rings is 1. The van der Waals surface area contributed by atoms with Gasteiger partial charge in [0, 0.05) is 22.4 Å². The SMILES string of the molecule is COc1cc(OC)c2c(-c3cc(C(C)(C)C)cc(C(C)(C)C)c3OB(F)F)nc3ccccc3c2c1. The molecule has 0 aliphatic heterocycles. The van der Waals surface area contributed by atoms with Gasteiger partial charge < -0.3 is 14.1 Å². The molecule has 0 amide bonds. The quantitative estimate of drug-likeness (QED) is 0.210. The van der Waals surface area contributed by atoms with E-state index in [2.05, 4.69) is 20.8 Å². The summed E-state index contributed by atoms with van der Waals surface area (Å²) in [6.07, 6.45) is 0. The van der Waals surface area contributed by atoms with Gasteiger partial charge in [-0.2, -0.15) is 0 Å². The normalized spacial score (nSPS) is 12.2. The summed E-state index contributed by atoms with van der Waals surface area (Å²) in [6.45, 7) is 12.3. The third kappa shape index (κ3) is 4.71. The van der Waals surface area contributed by atoms with Crippen molar-refractivity contribution < 1.29 is 22.8 Å². The molecule has 0 aliphatic rings. The lowest BCUT2D eigenvalue weighted by Gasteiger charge is -2.29. The lowest BCUT2D eigenvalue weighted by atomic mass is 9.78. The summed E-state index contributed by atoms with van der Waals surface area (Å²) in [7, 11) is 0.191. The molecule has 3 aromatic carbocycles. The van der Waals surface area contributed by atoms with Crippen molar-refractivity contribution in [1.29, 1.82) is 0 Å². The van der Waals surface area contributed by atoms with Gasteiger partial charge in [-0.15, -0.1) is 0 Å². The number of hydrogen-bond acceptors (Lipinski definition) is 4. The Bertz CT molecular complexity index is 1440. The molecule has 0 spiro atoms. The molecule has 1 heterocycles. The van der Waals surface area contributed by atoms with Gasteiger partial charge in [-0.05, 0) is 40.2 Å². The number of ether oxygens (including phenoxy) is 2. The van der Waals surface area contributed by atoms with E-state index in [1.165, 1.54) is 0 Å². The van der Waals surface area contributed by atoms with E-state index < -0.39 is 12.9 Å². The molecule has 0 unspecified atom stereocenters. The maximum atomic E-state index is 13.8. The van der Waals surface area contributed by atoms with Gasteiger partial charge in [0.15, 0.2) is 0 Å². The second-order valence-corrected chi connectivity index (χ2v) is 11.0. The Kier molecular flexibility index (Phi) is 6.63. The Hall–Kier alpha value is -3.35. The minimum atomic E-state index is -2.99. The zero-order chi connectivity index (χ0) is 26.4. The van der Waals surface area contributed by atoms with E-state index in [-0.39, 0.29) is 11.2 Å². The molecule has 0 aliphatic carbocycles. The first-order valence-corrected chi connectivity index (χ1v) is 11.9. The monoisotopic (exact) mass is 491 g/mol. The van der Waals surface area contributed by atoms with Gasteiger partial charge in [0.2, 0.25) is 0 Å². The molecular formula is C29H32BF2NO3. The van der Waals surface area contributed by atoms with Crippen molar-refractivity contribution in [3.05, 3.63) is 59.7 Å². The van der Waals surface area contributed by atoms with E-state index in [0.29, 0.717) is 33.7 Å². The maximum absolute atomic E-state index is 13.8. The summed E-state index contributed by atoms with van der Waals surface area (Å²) >= 11 is 0. The number of fused-ring (bicyclic) bond motifs is 3. The molecule has 0 saturated heterocycles. The van der Waals surface area contributed by atoms with Gasteiger partial charge in [-0.25, -0.2) is 13.6 Å². The Morgan fingerprint density at radius 1 is 0.806 bits per heavy atom. The van der Waals surface area contributed by atoms with Crippen LogP contribution in [0, 0.1) is 0 Å². The van der Waals surface area contributed by atoms with Crippen molar-refractivity contribution in [3.63, 3.8) is 0 Å². The van der Waals surface area contributed by atoms with E-state index in [0.717, 1.165) is 21.9 Å². The topological polar surface area (TPSA) is 40.6 Å². The fraction of sp³-hybridized carbons (Fsp3) is 0.345. The number of nitrogens with zero attached hydrogens (tertiary/aromatic N) is 1. The smallest absolute Gasteiger partial charge is 0.504 e. The lowest BCUT2D eigenvalue weighted by molar-refractivity contribution is 0.398. The van der Waals surface area contributed by atoms with Crippen molar-refractivity contribution in [1.82, 2.24) is 4.98 Å². The molecule has 0 N–H and O–H groups in total. The van der Waals surface area contributed by atoms with E-state index in [1.54, 1.807) is 20.3 Å². The first kappa shape index (κ1) is 25.7. The van der Waals surface area contributed by atoms with Gasteiger partial charge >= 0.3 is 7.47 Å². The predicted molar refractivity (Wildman–Crippen MR) is 144 cm³/mol. The van der Waals surface area contributed by atoms with Crippen LogP contribution in [0.1, 0.15) is 52.7 Å².